The molecule has 3 rings (SSSR count). The number of carbonyl (C=O) groups is 2. The molecule has 118 valence electrons. The molecule has 0 spiro atoms. The molecule has 0 radical (unpaired) electrons. The number of nitrogens with zero attached hydrogens (tertiary/aromatic N) is 1. The first-order valence-electron chi connectivity index (χ1n) is 7.11. The number of hydrogen-bond acceptors (Lipinski definition) is 3. The zero-order valence-electron chi connectivity index (χ0n) is 12.3. The van der Waals surface area contributed by atoms with E-state index in [1.54, 1.807) is 43.3 Å². The van der Waals surface area contributed by atoms with Crippen molar-refractivity contribution in [2.45, 2.75) is 19.4 Å². The van der Waals surface area contributed by atoms with Crippen molar-refractivity contribution in [2.24, 2.45) is 0 Å². The number of nitrogens with one attached hydrogen (secondary N) is 1. The van der Waals surface area contributed by atoms with Crippen LogP contribution in [0.5, 0.6) is 0 Å². The molecule has 1 N–H and O–H groups in total. The molecule has 1 fully saturated rings. The number of amides is 2. The average Bonchev–Trinajstić information content (AvgIpc) is 2.79. The Kier molecular flexibility index (Phi) is 4.17. The molecule has 0 unspecified atom stereocenters. The van der Waals surface area contributed by atoms with Gasteiger partial charge in [0.25, 0.3) is 5.91 Å². The Balaban J connectivity index is 1.80. The summed E-state index contributed by atoms with van der Waals surface area (Å²) in [6, 6.07) is 10.9. The highest BCUT2D eigenvalue weighted by Crippen LogP contribution is 2.26. The van der Waals surface area contributed by atoms with Gasteiger partial charge in [-0.15, -0.1) is 0 Å². The van der Waals surface area contributed by atoms with Gasteiger partial charge < -0.3 is 5.32 Å². The van der Waals surface area contributed by atoms with Crippen molar-refractivity contribution < 1.29 is 14.0 Å². The van der Waals surface area contributed by atoms with E-state index in [1.165, 1.54) is 6.07 Å². The Morgan fingerprint density at radius 3 is 2.52 bits per heavy atom. The number of halogens is 2. The summed E-state index contributed by atoms with van der Waals surface area (Å²) in [6.07, 6.45) is 0.0460. The predicted octanol–water partition coefficient (Wildman–Crippen LogP) is 3.64. The third-order valence-corrected chi connectivity index (χ3v) is 4.27. The number of carbonyl (C=O) groups excluding carboxylic acids is 2. The molecule has 2 amide bonds. The molecule has 0 aliphatic carbocycles. The minimum absolute atomic E-state index is 0.0460. The summed E-state index contributed by atoms with van der Waals surface area (Å²) in [5.74, 6) is -0.961. The maximum atomic E-state index is 13.6. The maximum absolute atomic E-state index is 13.6. The van der Waals surface area contributed by atoms with Crippen molar-refractivity contribution >= 4 is 39.1 Å². The minimum Gasteiger partial charge on any atom is -0.373 e. The lowest BCUT2D eigenvalue weighted by atomic mass is 10.2. The largest absolute Gasteiger partial charge is 0.373 e. The Morgan fingerprint density at radius 2 is 1.87 bits per heavy atom. The molecular weight excluding hydrogens is 363 g/mol. The topological polar surface area (TPSA) is 49.4 Å². The van der Waals surface area contributed by atoms with Crippen LogP contribution in [0.2, 0.25) is 0 Å². The van der Waals surface area contributed by atoms with Crippen LogP contribution in [0.3, 0.4) is 0 Å². The van der Waals surface area contributed by atoms with Crippen molar-refractivity contribution in [1.29, 1.82) is 0 Å². The zero-order chi connectivity index (χ0) is 16.6. The number of imide groups is 1. The number of aryl methyl sites for hydroxylation is 1. The predicted molar refractivity (Wildman–Crippen MR) is 89.8 cm³/mol. The molecule has 23 heavy (non-hydrogen) atoms. The van der Waals surface area contributed by atoms with E-state index in [9.17, 15) is 14.0 Å². The molecule has 1 atom stereocenters. The number of benzene rings is 2. The standard InChI is InChI=1S/C17H14BrFN2O2/c1-10-2-5-12(8-14(10)19)20-15-9-16(22)21(17(15)23)13-6-3-11(18)4-7-13/h2-8,15,20H,9H2,1H3/t15-/m0/s1. The first kappa shape index (κ1) is 15.7. The van der Waals surface area contributed by atoms with Gasteiger partial charge in [0, 0.05) is 10.2 Å². The van der Waals surface area contributed by atoms with E-state index in [0.29, 0.717) is 16.9 Å². The normalized spacial score (nSPS) is 17.7. The summed E-state index contributed by atoms with van der Waals surface area (Å²) in [5.41, 5.74) is 1.54. The third-order valence-electron chi connectivity index (χ3n) is 3.74. The van der Waals surface area contributed by atoms with Gasteiger partial charge in [-0.05, 0) is 48.9 Å². The first-order chi connectivity index (χ1) is 11.0. The Hall–Kier alpha value is -2.21. The van der Waals surface area contributed by atoms with Gasteiger partial charge in [-0.1, -0.05) is 22.0 Å². The fourth-order valence-corrected chi connectivity index (χ4v) is 2.75. The van der Waals surface area contributed by atoms with E-state index in [2.05, 4.69) is 21.2 Å². The lowest BCUT2D eigenvalue weighted by Gasteiger charge is -2.16. The van der Waals surface area contributed by atoms with Gasteiger partial charge in [0.05, 0.1) is 12.1 Å². The van der Waals surface area contributed by atoms with Crippen LogP contribution in [0.1, 0.15) is 12.0 Å². The lowest BCUT2D eigenvalue weighted by molar-refractivity contribution is -0.121. The number of hydrogen-bond donors (Lipinski definition) is 1. The Bertz CT molecular complexity index is 777. The van der Waals surface area contributed by atoms with Crippen molar-refractivity contribution in [3.63, 3.8) is 0 Å². The summed E-state index contributed by atoms with van der Waals surface area (Å²) >= 11 is 3.32. The molecule has 6 heteroatoms. The molecule has 2 aromatic rings. The average molecular weight is 377 g/mol. The second kappa shape index (κ2) is 6.12. The molecule has 4 nitrogen and oxygen atoms in total. The van der Waals surface area contributed by atoms with Gasteiger partial charge in [0.1, 0.15) is 11.9 Å². The summed E-state index contributed by atoms with van der Waals surface area (Å²) in [6.45, 7) is 1.67. The van der Waals surface area contributed by atoms with E-state index in [0.717, 1.165) is 9.37 Å². The second-order valence-electron chi connectivity index (χ2n) is 5.41. The van der Waals surface area contributed by atoms with E-state index in [1.807, 2.05) is 0 Å². The highest BCUT2D eigenvalue weighted by Gasteiger charge is 2.39. The highest BCUT2D eigenvalue weighted by atomic mass is 79.9. The molecule has 0 aromatic heterocycles. The molecule has 2 aromatic carbocycles. The van der Waals surface area contributed by atoms with Gasteiger partial charge >= 0.3 is 0 Å². The van der Waals surface area contributed by atoms with E-state index in [-0.39, 0.29) is 24.1 Å². The molecule has 1 saturated heterocycles. The van der Waals surface area contributed by atoms with Crippen LogP contribution in [0.15, 0.2) is 46.9 Å². The van der Waals surface area contributed by atoms with Crippen molar-refractivity contribution in [3.05, 3.63) is 58.3 Å². The molecular formula is C17H14BrFN2O2. The van der Waals surface area contributed by atoms with Crippen LogP contribution in [0.4, 0.5) is 15.8 Å². The third kappa shape index (κ3) is 3.12. The van der Waals surface area contributed by atoms with Crippen molar-refractivity contribution in [2.75, 3.05) is 10.2 Å². The van der Waals surface area contributed by atoms with Crippen molar-refractivity contribution in [3.8, 4) is 0 Å². The number of anilines is 2. The lowest BCUT2D eigenvalue weighted by Crippen LogP contribution is -2.34. The van der Waals surface area contributed by atoms with E-state index in [4.69, 9.17) is 0 Å². The Labute approximate surface area is 141 Å². The maximum Gasteiger partial charge on any atom is 0.256 e. The molecule has 1 aliphatic heterocycles. The fraction of sp³-hybridized carbons (Fsp3) is 0.176. The summed E-state index contributed by atoms with van der Waals surface area (Å²) in [7, 11) is 0. The zero-order valence-corrected chi connectivity index (χ0v) is 13.9. The second-order valence-corrected chi connectivity index (χ2v) is 6.32. The SMILES string of the molecule is Cc1ccc(N[C@H]2CC(=O)N(c3ccc(Br)cc3)C2=O)cc1F. The van der Waals surface area contributed by atoms with E-state index < -0.39 is 6.04 Å². The van der Waals surface area contributed by atoms with Crippen LogP contribution in [0, 0.1) is 12.7 Å². The molecule has 1 aliphatic rings. The minimum atomic E-state index is -0.687. The van der Waals surface area contributed by atoms with Gasteiger partial charge in [0.15, 0.2) is 0 Å². The first-order valence-corrected chi connectivity index (χ1v) is 7.90. The Morgan fingerprint density at radius 1 is 1.17 bits per heavy atom. The van der Waals surface area contributed by atoms with Gasteiger partial charge in [0.2, 0.25) is 5.91 Å². The van der Waals surface area contributed by atoms with Crippen LogP contribution in [0.25, 0.3) is 0 Å². The molecule has 1 heterocycles. The molecule has 0 saturated carbocycles. The summed E-state index contributed by atoms with van der Waals surface area (Å²) in [5, 5.41) is 2.94. The summed E-state index contributed by atoms with van der Waals surface area (Å²) < 4.78 is 14.5. The highest BCUT2D eigenvalue weighted by molar-refractivity contribution is 9.10. The van der Waals surface area contributed by atoms with Gasteiger partial charge in [-0.25, -0.2) is 9.29 Å². The number of rotatable bonds is 3. The van der Waals surface area contributed by atoms with Gasteiger partial charge in [-0.2, -0.15) is 0 Å². The van der Waals surface area contributed by atoms with Crippen molar-refractivity contribution in [1.82, 2.24) is 0 Å². The smallest absolute Gasteiger partial charge is 0.256 e. The monoisotopic (exact) mass is 376 g/mol. The van der Waals surface area contributed by atoms with Crippen LogP contribution < -0.4 is 10.2 Å². The van der Waals surface area contributed by atoms with E-state index >= 15 is 0 Å². The fourth-order valence-electron chi connectivity index (χ4n) is 2.49. The van der Waals surface area contributed by atoms with Crippen LogP contribution in [-0.2, 0) is 9.59 Å². The van der Waals surface area contributed by atoms with Crippen LogP contribution >= 0.6 is 15.9 Å². The van der Waals surface area contributed by atoms with Crippen LogP contribution in [-0.4, -0.2) is 17.9 Å². The quantitative estimate of drug-likeness (QED) is 0.831. The summed E-state index contributed by atoms with van der Waals surface area (Å²) in [4.78, 5) is 25.8. The molecule has 0 bridgehead atoms. The van der Waals surface area contributed by atoms with Gasteiger partial charge in [-0.3, -0.25) is 9.59 Å².